The van der Waals surface area contributed by atoms with Gasteiger partial charge in [-0.25, -0.2) is 13.6 Å². The summed E-state index contributed by atoms with van der Waals surface area (Å²) >= 11 is 0. The van der Waals surface area contributed by atoms with Crippen molar-refractivity contribution in [3.63, 3.8) is 0 Å². The van der Waals surface area contributed by atoms with E-state index in [9.17, 15) is 8.42 Å². The van der Waals surface area contributed by atoms with Crippen LogP contribution < -0.4 is 9.88 Å². The molecule has 2 N–H and O–H groups in total. The van der Waals surface area contributed by atoms with Crippen LogP contribution in [0.5, 0.6) is 5.75 Å². The topological polar surface area (TPSA) is 87.2 Å². The maximum atomic E-state index is 11.4. The highest BCUT2D eigenvalue weighted by Crippen LogP contribution is 2.29. The van der Waals surface area contributed by atoms with Crippen molar-refractivity contribution < 1.29 is 13.2 Å². The summed E-state index contributed by atoms with van der Waals surface area (Å²) in [5.41, 5.74) is -0.451. The van der Waals surface area contributed by atoms with Gasteiger partial charge in [0.2, 0.25) is 10.0 Å². The van der Waals surface area contributed by atoms with Crippen molar-refractivity contribution in [2.75, 3.05) is 12.4 Å². The highest BCUT2D eigenvalue weighted by Gasteiger charge is 2.32. The minimum absolute atomic E-state index is 0.0642. The second-order valence-electron chi connectivity index (χ2n) is 5.55. The second kappa shape index (κ2) is 6.58. The maximum absolute atomic E-state index is 11.4. The fourth-order valence-corrected chi connectivity index (χ4v) is 3.39. The van der Waals surface area contributed by atoms with Crippen LogP contribution in [-0.2, 0) is 10.0 Å². The molecule has 0 amide bonds. The fourth-order valence-electron chi connectivity index (χ4n) is 2.04. The molecule has 20 heavy (non-hydrogen) atoms. The Morgan fingerprint density at radius 2 is 2.00 bits per heavy atom. The summed E-state index contributed by atoms with van der Waals surface area (Å²) in [4.78, 5) is 0. The number of aromatic nitrogens is 2. The van der Waals surface area contributed by atoms with Gasteiger partial charge in [0.15, 0.2) is 5.75 Å². The van der Waals surface area contributed by atoms with E-state index in [-0.39, 0.29) is 11.8 Å². The third kappa shape index (κ3) is 4.79. The standard InChI is InChI=1S/C13H25N3O3S/c1-5-13(6-2,10-20(14,17)18)9-19-12-7-15-16(8-12)11(3)4/h7-8,11H,5-6,9-10H2,1-4H3,(H2,14,17,18). The van der Waals surface area contributed by atoms with Crippen molar-refractivity contribution in [3.05, 3.63) is 12.4 Å². The lowest BCUT2D eigenvalue weighted by Crippen LogP contribution is -2.37. The van der Waals surface area contributed by atoms with Crippen LogP contribution in [0.4, 0.5) is 0 Å². The van der Waals surface area contributed by atoms with Gasteiger partial charge in [0.25, 0.3) is 0 Å². The van der Waals surface area contributed by atoms with E-state index in [4.69, 9.17) is 9.88 Å². The van der Waals surface area contributed by atoms with Crippen LogP contribution >= 0.6 is 0 Å². The number of nitrogens with zero attached hydrogens (tertiary/aromatic N) is 2. The molecule has 1 rings (SSSR count). The Labute approximate surface area is 121 Å². The quantitative estimate of drug-likeness (QED) is 0.795. The molecule has 0 unspecified atom stereocenters. The summed E-state index contributed by atoms with van der Waals surface area (Å²) in [7, 11) is -3.52. The Kier molecular flexibility index (Phi) is 5.59. The molecule has 0 aliphatic heterocycles. The van der Waals surface area contributed by atoms with Crippen molar-refractivity contribution in [1.29, 1.82) is 0 Å². The Hall–Kier alpha value is -1.08. The minimum atomic E-state index is -3.52. The van der Waals surface area contributed by atoms with Crippen molar-refractivity contribution in [2.24, 2.45) is 10.6 Å². The van der Waals surface area contributed by atoms with E-state index in [1.807, 2.05) is 33.9 Å². The molecular formula is C13H25N3O3S. The largest absolute Gasteiger partial charge is 0.490 e. The second-order valence-corrected chi connectivity index (χ2v) is 7.17. The first-order chi connectivity index (χ1) is 9.21. The Morgan fingerprint density at radius 3 is 2.40 bits per heavy atom. The van der Waals surface area contributed by atoms with Gasteiger partial charge in [0.1, 0.15) is 0 Å². The molecule has 0 spiro atoms. The van der Waals surface area contributed by atoms with Crippen LogP contribution in [0.1, 0.15) is 46.6 Å². The van der Waals surface area contributed by atoms with Gasteiger partial charge in [-0.1, -0.05) is 13.8 Å². The Morgan fingerprint density at radius 1 is 1.40 bits per heavy atom. The molecule has 0 bridgehead atoms. The van der Waals surface area contributed by atoms with Gasteiger partial charge in [-0.05, 0) is 26.7 Å². The molecule has 6 nitrogen and oxygen atoms in total. The van der Waals surface area contributed by atoms with Crippen molar-refractivity contribution in [3.8, 4) is 5.75 Å². The van der Waals surface area contributed by atoms with Gasteiger partial charge < -0.3 is 4.74 Å². The van der Waals surface area contributed by atoms with E-state index in [2.05, 4.69) is 5.10 Å². The normalized spacial score (nSPS) is 12.9. The molecule has 0 radical (unpaired) electrons. The lowest BCUT2D eigenvalue weighted by molar-refractivity contribution is 0.154. The third-order valence-electron chi connectivity index (χ3n) is 3.66. The monoisotopic (exact) mass is 303 g/mol. The first-order valence-electron chi connectivity index (χ1n) is 6.89. The summed E-state index contributed by atoms with van der Waals surface area (Å²) in [6, 6.07) is 0.263. The minimum Gasteiger partial charge on any atom is -0.490 e. The van der Waals surface area contributed by atoms with Gasteiger partial charge in [-0.3, -0.25) is 4.68 Å². The highest BCUT2D eigenvalue weighted by atomic mass is 32.2. The SMILES string of the molecule is CCC(CC)(COc1cnn(C(C)C)c1)CS(N)(=O)=O. The van der Waals surface area contributed by atoms with Gasteiger partial charge in [0, 0.05) is 11.5 Å². The summed E-state index contributed by atoms with van der Waals surface area (Å²) in [5.74, 6) is 0.588. The number of primary sulfonamides is 1. The molecule has 7 heteroatoms. The number of rotatable bonds is 8. The number of ether oxygens (including phenoxy) is 1. The smallest absolute Gasteiger partial charge is 0.209 e. The van der Waals surface area contributed by atoms with Gasteiger partial charge in [-0.2, -0.15) is 5.10 Å². The lowest BCUT2D eigenvalue weighted by atomic mass is 9.85. The number of hydrogen-bond acceptors (Lipinski definition) is 4. The lowest BCUT2D eigenvalue weighted by Gasteiger charge is -2.30. The molecule has 0 saturated carbocycles. The zero-order valence-corrected chi connectivity index (χ0v) is 13.5. The van der Waals surface area contributed by atoms with E-state index < -0.39 is 15.4 Å². The van der Waals surface area contributed by atoms with Crippen LogP contribution in [0.15, 0.2) is 12.4 Å². The first-order valence-corrected chi connectivity index (χ1v) is 8.60. The zero-order chi connectivity index (χ0) is 15.4. The van der Waals surface area contributed by atoms with Crippen molar-refractivity contribution in [2.45, 2.75) is 46.6 Å². The predicted octanol–water partition coefficient (Wildman–Crippen LogP) is 1.94. The molecular weight excluding hydrogens is 278 g/mol. The molecule has 0 aliphatic carbocycles. The molecule has 0 saturated heterocycles. The summed E-state index contributed by atoms with van der Waals surface area (Å²) in [5, 5.41) is 9.38. The number of nitrogens with two attached hydrogens (primary N) is 1. The van der Waals surface area contributed by atoms with Crippen LogP contribution in [-0.4, -0.2) is 30.6 Å². The molecule has 0 aromatic carbocycles. The average Bonchev–Trinajstić information content (AvgIpc) is 2.82. The number of sulfonamides is 1. The zero-order valence-electron chi connectivity index (χ0n) is 12.7. The number of hydrogen-bond donors (Lipinski definition) is 1. The molecule has 1 aromatic rings. The van der Waals surface area contributed by atoms with Gasteiger partial charge in [-0.15, -0.1) is 0 Å². The van der Waals surface area contributed by atoms with Crippen LogP contribution in [0.2, 0.25) is 0 Å². The molecule has 0 aliphatic rings. The summed E-state index contributed by atoms with van der Waals surface area (Å²) in [6.07, 6.45) is 4.85. The van der Waals surface area contributed by atoms with E-state index >= 15 is 0 Å². The highest BCUT2D eigenvalue weighted by molar-refractivity contribution is 7.89. The maximum Gasteiger partial charge on any atom is 0.209 e. The van der Waals surface area contributed by atoms with Crippen LogP contribution in [0.25, 0.3) is 0 Å². The average molecular weight is 303 g/mol. The third-order valence-corrected chi connectivity index (χ3v) is 4.67. The first kappa shape index (κ1) is 17.0. The fraction of sp³-hybridized carbons (Fsp3) is 0.769. The Bertz CT molecular complexity index is 519. The van der Waals surface area contributed by atoms with Crippen LogP contribution in [0.3, 0.4) is 0 Å². The molecule has 0 fully saturated rings. The van der Waals surface area contributed by atoms with E-state index in [0.717, 1.165) is 0 Å². The van der Waals surface area contributed by atoms with Crippen LogP contribution in [0, 0.1) is 5.41 Å². The van der Waals surface area contributed by atoms with E-state index in [0.29, 0.717) is 25.2 Å². The van der Waals surface area contributed by atoms with Crippen molar-refractivity contribution in [1.82, 2.24) is 9.78 Å². The van der Waals surface area contributed by atoms with Crippen molar-refractivity contribution >= 4 is 10.0 Å². The van der Waals surface area contributed by atoms with E-state index in [1.54, 1.807) is 10.9 Å². The summed E-state index contributed by atoms with van der Waals surface area (Å²) < 4.78 is 30.3. The summed E-state index contributed by atoms with van der Waals surface area (Å²) in [6.45, 7) is 8.28. The molecule has 116 valence electrons. The molecule has 0 atom stereocenters. The van der Waals surface area contributed by atoms with E-state index in [1.165, 1.54) is 0 Å². The van der Waals surface area contributed by atoms with Gasteiger partial charge in [0.05, 0.1) is 24.8 Å². The van der Waals surface area contributed by atoms with Gasteiger partial charge >= 0.3 is 0 Å². The predicted molar refractivity (Wildman–Crippen MR) is 79.1 cm³/mol. The molecule has 1 heterocycles. The Balaban J connectivity index is 2.76. The molecule has 1 aromatic heterocycles.